The van der Waals surface area contributed by atoms with Crippen LogP contribution in [0.3, 0.4) is 0 Å². The number of aromatic nitrogens is 5. The van der Waals surface area contributed by atoms with Crippen molar-refractivity contribution >= 4 is 56.5 Å². The lowest BCUT2D eigenvalue weighted by molar-refractivity contribution is -0.142. The highest BCUT2D eigenvalue weighted by atomic mass is 35.5. The number of aromatic hydroxyl groups is 1. The molecule has 0 fully saturated rings. The zero-order valence-electron chi connectivity index (χ0n) is 38.9. The lowest BCUT2D eigenvalue weighted by Crippen LogP contribution is -2.29. The van der Waals surface area contributed by atoms with Gasteiger partial charge in [0, 0.05) is 41.4 Å². The molecule has 0 radical (unpaired) electrons. The van der Waals surface area contributed by atoms with Crippen LogP contribution in [0.2, 0.25) is 5.02 Å². The molecule has 1 N–H and O–H groups in total. The molecular formula is C47H44Cl2F6N6O10S. The van der Waals surface area contributed by atoms with Crippen LogP contribution in [0.5, 0.6) is 5.88 Å². The van der Waals surface area contributed by atoms with Crippen molar-refractivity contribution in [3.05, 3.63) is 157 Å². The first-order valence-corrected chi connectivity index (χ1v) is 23.9. The van der Waals surface area contributed by atoms with Crippen LogP contribution < -0.4 is 5.69 Å². The van der Waals surface area contributed by atoms with Gasteiger partial charge in [-0.25, -0.2) is 31.6 Å². The second kappa shape index (κ2) is 23.1. The molecule has 0 saturated heterocycles. The summed E-state index contributed by atoms with van der Waals surface area (Å²) in [6.45, 7) is 3.31. The van der Waals surface area contributed by atoms with E-state index in [4.69, 9.17) is 37.5 Å². The van der Waals surface area contributed by atoms with Crippen LogP contribution >= 0.6 is 23.2 Å². The van der Waals surface area contributed by atoms with E-state index in [1.807, 2.05) is 60.7 Å². The first-order chi connectivity index (χ1) is 33.8. The van der Waals surface area contributed by atoms with E-state index >= 15 is 0 Å². The summed E-state index contributed by atoms with van der Waals surface area (Å²) >= 11 is 11.9. The molecule has 16 nitrogen and oxygen atoms in total. The van der Waals surface area contributed by atoms with Crippen molar-refractivity contribution in [2.24, 2.45) is 12.2 Å². The third-order valence-corrected chi connectivity index (χ3v) is 12.4. The molecule has 4 aromatic carbocycles. The fourth-order valence-electron chi connectivity index (χ4n) is 7.15. The van der Waals surface area contributed by atoms with Gasteiger partial charge in [-0.05, 0) is 63.6 Å². The van der Waals surface area contributed by atoms with E-state index in [-0.39, 0.29) is 51.0 Å². The van der Waals surface area contributed by atoms with Gasteiger partial charge in [0.1, 0.15) is 22.5 Å². The monoisotopic (exact) mass is 1070 g/mol. The van der Waals surface area contributed by atoms with Gasteiger partial charge >= 0.3 is 30.4 Å². The van der Waals surface area contributed by atoms with Crippen molar-refractivity contribution in [1.82, 2.24) is 24.1 Å². The number of aryl methyl sites for hydroxylation is 3. The molecule has 72 heavy (non-hydrogen) atoms. The molecule has 1 atom stereocenters. The number of halogens is 8. The molecule has 384 valence electrons. The fraction of sp³-hybridized carbons (Fsp3) is 0.298. The van der Waals surface area contributed by atoms with Crippen LogP contribution in [-0.4, -0.2) is 85.9 Å². The van der Waals surface area contributed by atoms with Crippen molar-refractivity contribution in [2.45, 2.75) is 69.1 Å². The Balaban J connectivity index is 0.000000201. The standard InChI is InChI=1S/C18H17NO3.C15H14Cl2F3N3O3.C14H13F3N2O4S/c1-2-21-17(20)16-13-18(22-19-16,14-9-5-3-6-10-14)15-11-7-4-8-12-15;1-3-26-13(24)10(17)4-8-5-12(11(18)6-9(8)16)23-15(25)22(14(19)20)7(2)21-23;1-7-11(13(21)19(2)18-7)12(20)9-5-4-8(14(15,16)17)6-10(9)24(3,22)23/h3-12H,2,13H2,1H3;5-6,10,14H,3-4H2,1-2H3;4-6,21H,1-3H3. The van der Waals surface area contributed by atoms with Crippen molar-refractivity contribution in [3.63, 3.8) is 0 Å². The van der Waals surface area contributed by atoms with Gasteiger partial charge in [0.05, 0.1) is 35.8 Å². The topological polar surface area (TPSA) is 203 Å². The summed E-state index contributed by atoms with van der Waals surface area (Å²) in [5.41, 5.74) is -1.69. The molecule has 1 unspecified atom stereocenters. The van der Waals surface area contributed by atoms with E-state index in [9.17, 15) is 59.0 Å². The van der Waals surface area contributed by atoms with Crippen LogP contribution in [0.1, 0.15) is 76.5 Å². The van der Waals surface area contributed by atoms with Crippen molar-refractivity contribution in [2.75, 3.05) is 19.5 Å². The predicted molar refractivity (Wildman–Crippen MR) is 250 cm³/mol. The molecular weight excluding hydrogens is 1030 g/mol. The van der Waals surface area contributed by atoms with E-state index in [1.165, 1.54) is 20.9 Å². The third-order valence-electron chi connectivity index (χ3n) is 10.6. The Hall–Kier alpha value is -6.98. The van der Waals surface area contributed by atoms with Crippen molar-refractivity contribution in [1.29, 1.82) is 0 Å². The number of carbonyl (C=O) groups excluding carboxylic acids is 3. The minimum atomic E-state index is -4.76. The van der Waals surface area contributed by atoms with Gasteiger partial charge in [-0.15, -0.1) is 16.7 Å². The summed E-state index contributed by atoms with van der Waals surface area (Å²) in [6, 6.07) is 23.5. The number of esters is 2. The van der Waals surface area contributed by atoms with Crippen molar-refractivity contribution in [3.8, 4) is 11.6 Å². The van der Waals surface area contributed by atoms with Gasteiger partial charge in [-0.3, -0.25) is 9.59 Å². The maximum absolute atomic E-state index is 14.2. The van der Waals surface area contributed by atoms with Gasteiger partial charge in [0.2, 0.25) is 11.7 Å². The second-order valence-electron chi connectivity index (χ2n) is 15.5. The second-order valence-corrected chi connectivity index (χ2v) is 18.4. The predicted octanol–water partition coefficient (Wildman–Crippen LogP) is 8.60. The maximum Gasteiger partial charge on any atom is 0.416 e. The average Bonchev–Trinajstić information content (AvgIpc) is 3.99. The Morgan fingerprint density at radius 1 is 0.917 bits per heavy atom. The first kappa shape index (κ1) is 55.9. The van der Waals surface area contributed by atoms with Gasteiger partial charge in [-0.1, -0.05) is 77.4 Å². The summed E-state index contributed by atoms with van der Waals surface area (Å²) < 4.78 is 114. The number of alkyl halides is 6. The SMILES string of the molecule is CCOC(=O)C(Cl)Cc1cc(-n2nc(C)n(C(F)F)c2=O)c(F)cc1Cl.CCOC(=O)C1=NOC(c2ccccc2)(c2ccccc2)C1.Cc1nn(C)c(O)c1C(=O)c1ccc(C(F)(F)F)cc1S(C)(=O)=O. The number of hydrogen-bond acceptors (Lipinski definition) is 13. The number of hydrogen-bond donors (Lipinski definition) is 1. The number of oxime groups is 1. The molecule has 25 heteroatoms. The number of ether oxygens (including phenoxy) is 2. The van der Waals surface area contributed by atoms with Gasteiger partial charge in [-0.2, -0.15) is 31.7 Å². The zero-order valence-corrected chi connectivity index (χ0v) is 41.2. The first-order valence-electron chi connectivity index (χ1n) is 21.2. The molecule has 0 saturated carbocycles. The molecule has 6 aromatic rings. The molecule has 3 heterocycles. The van der Waals surface area contributed by atoms with E-state index < -0.39 is 84.7 Å². The quantitative estimate of drug-likeness (QED) is 0.0500. The highest BCUT2D eigenvalue weighted by Gasteiger charge is 2.45. The Morgan fingerprint density at radius 2 is 1.50 bits per heavy atom. The molecule has 0 bridgehead atoms. The number of rotatable bonds is 13. The molecule has 7 rings (SSSR count). The van der Waals surface area contributed by atoms with Gasteiger partial charge in [0.25, 0.3) is 0 Å². The minimum Gasteiger partial charge on any atom is -0.493 e. The van der Waals surface area contributed by atoms with Gasteiger partial charge < -0.3 is 19.4 Å². The van der Waals surface area contributed by atoms with E-state index in [0.717, 1.165) is 34.0 Å². The number of sulfone groups is 1. The summed E-state index contributed by atoms with van der Waals surface area (Å²) in [6.07, 6.45) is -3.81. The third kappa shape index (κ3) is 12.5. The Bertz CT molecular complexity index is 3130. The van der Waals surface area contributed by atoms with E-state index in [1.54, 1.807) is 13.8 Å². The molecule has 0 amide bonds. The number of carbonyl (C=O) groups is 3. The molecule has 1 aliphatic heterocycles. The highest BCUT2D eigenvalue weighted by Crippen LogP contribution is 2.41. The van der Waals surface area contributed by atoms with Crippen LogP contribution in [0.15, 0.2) is 106 Å². The van der Waals surface area contributed by atoms with Crippen LogP contribution in [0.4, 0.5) is 26.3 Å². The summed E-state index contributed by atoms with van der Waals surface area (Å²) in [7, 11) is -2.75. The smallest absolute Gasteiger partial charge is 0.416 e. The van der Waals surface area contributed by atoms with Gasteiger partial charge in [0.15, 0.2) is 27.0 Å². The normalized spacial score (nSPS) is 13.5. The van der Waals surface area contributed by atoms with Crippen LogP contribution in [-0.2, 0) is 59.0 Å². The summed E-state index contributed by atoms with van der Waals surface area (Å²) in [4.78, 5) is 53.3. The van der Waals surface area contributed by atoms with Crippen LogP contribution in [0.25, 0.3) is 5.69 Å². The number of ketones is 1. The molecule has 2 aromatic heterocycles. The highest BCUT2D eigenvalue weighted by molar-refractivity contribution is 7.90. The molecule has 1 aliphatic rings. The average molecular weight is 1070 g/mol. The largest absolute Gasteiger partial charge is 0.493 e. The van der Waals surface area contributed by atoms with Crippen LogP contribution in [0, 0.1) is 19.7 Å². The number of benzene rings is 4. The lowest BCUT2D eigenvalue weighted by atomic mass is 9.82. The Labute approximate surface area is 417 Å². The molecule has 0 aliphatic carbocycles. The maximum atomic E-state index is 14.2. The zero-order chi connectivity index (χ0) is 53.5. The fourth-order valence-corrected chi connectivity index (χ4v) is 8.51. The molecule has 0 spiro atoms. The van der Waals surface area contributed by atoms with Crippen molar-refractivity contribution < 1.29 is 68.6 Å². The Kier molecular flexibility index (Phi) is 17.9. The summed E-state index contributed by atoms with van der Waals surface area (Å²) in [5, 5.41) is 20.2. The summed E-state index contributed by atoms with van der Waals surface area (Å²) in [5.74, 6) is -3.77. The van der Waals surface area contributed by atoms with E-state index in [0.29, 0.717) is 41.8 Å². The van der Waals surface area contributed by atoms with E-state index in [2.05, 4.69) is 15.4 Å². The number of nitrogens with zero attached hydrogens (tertiary/aromatic N) is 6. The minimum absolute atomic E-state index is 0.0424. The Morgan fingerprint density at radius 3 is 1.99 bits per heavy atom. The lowest BCUT2D eigenvalue weighted by Gasteiger charge is -2.27.